The van der Waals surface area contributed by atoms with Crippen LogP contribution in [-0.2, 0) is 0 Å². The summed E-state index contributed by atoms with van der Waals surface area (Å²) in [5.41, 5.74) is 5.51. The normalized spacial score (nSPS) is 11.9. The molecule has 0 atom stereocenters. The summed E-state index contributed by atoms with van der Waals surface area (Å²) in [5, 5.41) is 0. The molecule has 0 unspecified atom stereocenters. The Balaban J connectivity index is 2.72. The second-order valence-electron chi connectivity index (χ2n) is 4.65. The van der Waals surface area contributed by atoms with Crippen LogP contribution in [0.15, 0.2) is 18.2 Å². The number of para-hydroxylation sites is 1. The zero-order chi connectivity index (χ0) is 12.3. The van der Waals surface area contributed by atoms with Crippen LogP contribution >= 0.6 is 0 Å². The van der Waals surface area contributed by atoms with E-state index in [1.807, 2.05) is 32.8 Å². The van der Waals surface area contributed by atoms with Crippen LogP contribution in [0.5, 0.6) is 5.75 Å². The van der Waals surface area contributed by atoms with Crippen LogP contribution in [0, 0.1) is 5.82 Å². The topological polar surface area (TPSA) is 38.5 Å². The van der Waals surface area contributed by atoms with E-state index < -0.39 is 5.82 Å². The van der Waals surface area contributed by atoms with Crippen LogP contribution in [0.2, 0.25) is 0 Å². The van der Waals surface area contributed by atoms with Gasteiger partial charge in [0.05, 0.1) is 0 Å². The Morgan fingerprint density at radius 2 is 2.00 bits per heavy atom. The number of hydrogen-bond donors (Lipinski definition) is 1. The highest BCUT2D eigenvalue weighted by atomic mass is 19.1. The van der Waals surface area contributed by atoms with E-state index in [0.29, 0.717) is 12.4 Å². The lowest BCUT2D eigenvalue weighted by molar-refractivity contribution is 0.114. The van der Waals surface area contributed by atoms with E-state index in [0.717, 1.165) is 0 Å². The molecule has 0 aliphatic heterocycles. The molecule has 0 aromatic heterocycles. The van der Waals surface area contributed by atoms with Gasteiger partial charge in [-0.15, -0.1) is 0 Å². The van der Waals surface area contributed by atoms with Gasteiger partial charge in [0.1, 0.15) is 23.9 Å². The van der Waals surface area contributed by atoms with Gasteiger partial charge in [-0.2, -0.15) is 0 Å². The van der Waals surface area contributed by atoms with Crippen molar-refractivity contribution in [2.45, 2.75) is 19.4 Å². The minimum absolute atomic E-state index is 0.0667. The van der Waals surface area contributed by atoms with Crippen molar-refractivity contribution in [2.24, 2.45) is 0 Å². The predicted octanol–water partition coefficient (Wildman–Crippen LogP) is 2.13. The molecule has 16 heavy (non-hydrogen) atoms. The molecule has 0 bridgehead atoms. The summed E-state index contributed by atoms with van der Waals surface area (Å²) in [4.78, 5) is 2.04. The van der Waals surface area contributed by atoms with E-state index in [9.17, 15) is 4.39 Å². The number of halogens is 1. The summed E-state index contributed by atoms with van der Waals surface area (Å²) in [7, 11) is 3.94. The molecule has 1 aromatic rings. The van der Waals surface area contributed by atoms with E-state index in [4.69, 9.17) is 10.5 Å². The van der Waals surface area contributed by atoms with Crippen LogP contribution < -0.4 is 10.5 Å². The highest BCUT2D eigenvalue weighted by molar-refractivity contribution is 5.53. The molecule has 0 spiro atoms. The molecule has 0 radical (unpaired) electrons. The van der Waals surface area contributed by atoms with Gasteiger partial charge in [-0.05, 0) is 40.1 Å². The summed E-state index contributed by atoms with van der Waals surface area (Å²) >= 11 is 0. The number of anilines is 1. The Morgan fingerprint density at radius 1 is 1.38 bits per heavy atom. The van der Waals surface area contributed by atoms with Crippen molar-refractivity contribution in [3.05, 3.63) is 24.0 Å². The second kappa shape index (κ2) is 4.70. The fraction of sp³-hybridized carbons (Fsp3) is 0.500. The maximum absolute atomic E-state index is 13.1. The Kier molecular flexibility index (Phi) is 3.75. The first-order chi connectivity index (χ1) is 7.34. The first-order valence-electron chi connectivity index (χ1n) is 5.19. The number of likely N-dealkylation sites (N-methyl/N-ethyl adjacent to an activating group) is 1. The number of nitrogen functional groups attached to an aromatic ring is 1. The zero-order valence-corrected chi connectivity index (χ0v) is 10.2. The van der Waals surface area contributed by atoms with Gasteiger partial charge in [-0.1, -0.05) is 6.07 Å². The highest BCUT2D eigenvalue weighted by Gasteiger charge is 2.21. The van der Waals surface area contributed by atoms with Crippen LogP contribution in [-0.4, -0.2) is 31.1 Å². The Bertz CT molecular complexity index is 364. The number of rotatable bonds is 4. The Labute approximate surface area is 96.0 Å². The molecule has 90 valence electrons. The average Bonchev–Trinajstić information content (AvgIpc) is 2.20. The molecule has 4 heteroatoms. The van der Waals surface area contributed by atoms with Crippen molar-refractivity contribution in [3.63, 3.8) is 0 Å². The maximum Gasteiger partial charge on any atom is 0.149 e. The number of hydrogen-bond acceptors (Lipinski definition) is 3. The van der Waals surface area contributed by atoms with Crippen LogP contribution in [0.1, 0.15) is 13.8 Å². The average molecular weight is 226 g/mol. The molecule has 0 heterocycles. The first kappa shape index (κ1) is 12.8. The first-order valence-corrected chi connectivity index (χ1v) is 5.19. The maximum atomic E-state index is 13.1. The molecule has 0 aliphatic rings. The lowest BCUT2D eigenvalue weighted by Gasteiger charge is -2.32. The molecule has 0 aliphatic carbocycles. The van der Waals surface area contributed by atoms with Gasteiger partial charge in [0.25, 0.3) is 0 Å². The van der Waals surface area contributed by atoms with Gasteiger partial charge in [-0.25, -0.2) is 4.39 Å². The molecular formula is C12H19FN2O. The van der Waals surface area contributed by atoms with Gasteiger partial charge in [0.15, 0.2) is 0 Å². The molecule has 0 amide bonds. The number of nitrogens with zero attached hydrogens (tertiary/aromatic N) is 1. The van der Waals surface area contributed by atoms with Crippen molar-refractivity contribution < 1.29 is 9.13 Å². The quantitative estimate of drug-likeness (QED) is 0.799. The molecule has 0 fully saturated rings. The zero-order valence-electron chi connectivity index (χ0n) is 10.2. The summed E-state index contributed by atoms with van der Waals surface area (Å²) in [5.74, 6) is -0.0462. The van der Waals surface area contributed by atoms with E-state index in [1.165, 1.54) is 6.07 Å². The number of ether oxygens (including phenoxy) is 1. The van der Waals surface area contributed by atoms with Gasteiger partial charge >= 0.3 is 0 Å². The molecule has 0 saturated heterocycles. The van der Waals surface area contributed by atoms with E-state index in [2.05, 4.69) is 0 Å². The summed E-state index contributed by atoms with van der Waals surface area (Å²) in [6.07, 6.45) is 0. The van der Waals surface area contributed by atoms with E-state index in [1.54, 1.807) is 12.1 Å². The largest absolute Gasteiger partial charge is 0.489 e. The predicted molar refractivity (Wildman–Crippen MR) is 64.1 cm³/mol. The van der Waals surface area contributed by atoms with Gasteiger partial charge < -0.3 is 15.4 Å². The van der Waals surface area contributed by atoms with Crippen LogP contribution in [0.3, 0.4) is 0 Å². The lowest BCUT2D eigenvalue weighted by atomic mass is 10.1. The van der Waals surface area contributed by atoms with Gasteiger partial charge in [-0.3, -0.25) is 0 Å². The molecule has 0 saturated carbocycles. The fourth-order valence-corrected chi connectivity index (χ4v) is 1.03. The van der Waals surface area contributed by atoms with E-state index >= 15 is 0 Å². The van der Waals surface area contributed by atoms with Crippen molar-refractivity contribution in [1.82, 2.24) is 4.90 Å². The Morgan fingerprint density at radius 3 is 2.56 bits per heavy atom. The molecular weight excluding hydrogens is 207 g/mol. The van der Waals surface area contributed by atoms with Gasteiger partial charge in [0, 0.05) is 5.54 Å². The molecule has 1 aromatic carbocycles. The SMILES string of the molecule is CN(C)C(C)(C)COc1cccc(F)c1N. The van der Waals surface area contributed by atoms with Crippen molar-refractivity contribution >= 4 is 5.69 Å². The second-order valence-corrected chi connectivity index (χ2v) is 4.65. The third kappa shape index (κ3) is 2.85. The standard InChI is InChI=1S/C12H19FN2O/c1-12(2,15(3)4)8-16-10-7-5-6-9(13)11(10)14/h5-7H,8,14H2,1-4H3. The monoisotopic (exact) mass is 226 g/mol. The minimum Gasteiger partial charge on any atom is -0.489 e. The number of benzene rings is 1. The fourth-order valence-electron chi connectivity index (χ4n) is 1.03. The smallest absolute Gasteiger partial charge is 0.149 e. The van der Waals surface area contributed by atoms with E-state index in [-0.39, 0.29) is 11.2 Å². The van der Waals surface area contributed by atoms with Crippen molar-refractivity contribution in [1.29, 1.82) is 0 Å². The van der Waals surface area contributed by atoms with Crippen LogP contribution in [0.25, 0.3) is 0 Å². The third-order valence-electron chi connectivity index (χ3n) is 2.80. The van der Waals surface area contributed by atoms with Gasteiger partial charge in [0.2, 0.25) is 0 Å². The number of nitrogens with two attached hydrogens (primary N) is 1. The van der Waals surface area contributed by atoms with Crippen LogP contribution in [0.4, 0.5) is 10.1 Å². The minimum atomic E-state index is -0.444. The molecule has 2 N–H and O–H groups in total. The third-order valence-corrected chi connectivity index (χ3v) is 2.80. The Hall–Kier alpha value is -1.29. The summed E-state index contributed by atoms with van der Waals surface area (Å²) in [6.45, 7) is 4.54. The molecule has 3 nitrogen and oxygen atoms in total. The lowest BCUT2D eigenvalue weighted by Crippen LogP contribution is -2.43. The molecule has 1 rings (SSSR count). The summed E-state index contributed by atoms with van der Waals surface area (Å²) < 4.78 is 18.7. The summed E-state index contributed by atoms with van der Waals surface area (Å²) in [6, 6.07) is 4.58. The highest BCUT2D eigenvalue weighted by Crippen LogP contribution is 2.25. The van der Waals surface area contributed by atoms with Crippen molar-refractivity contribution in [3.8, 4) is 5.75 Å². The van der Waals surface area contributed by atoms with Crippen molar-refractivity contribution in [2.75, 3.05) is 26.4 Å².